The first-order valence-electron chi connectivity index (χ1n) is 6.70. The number of ether oxygens (including phenoxy) is 2. The van der Waals surface area contributed by atoms with Gasteiger partial charge in [0.1, 0.15) is 11.5 Å². The van der Waals surface area contributed by atoms with Gasteiger partial charge in [-0.15, -0.1) is 0 Å². The second kappa shape index (κ2) is 8.81. The number of nitrogens with one attached hydrogen (secondary N) is 1. The molecule has 0 heterocycles. The van der Waals surface area contributed by atoms with E-state index in [9.17, 15) is 0 Å². The zero-order valence-electron chi connectivity index (χ0n) is 11.7. The molecule has 1 rings (SSSR count). The Morgan fingerprint density at radius 3 is 2.33 bits per heavy atom. The average molecular weight is 251 g/mol. The summed E-state index contributed by atoms with van der Waals surface area (Å²) in [6.45, 7) is 7.35. The van der Waals surface area contributed by atoms with Crippen molar-refractivity contribution < 1.29 is 9.47 Å². The lowest BCUT2D eigenvalue weighted by atomic mass is 10.1. The summed E-state index contributed by atoms with van der Waals surface area (Å²) in [6.07, 6.45) is 2.27. The van der Waals surface area contributed by atoms with Crippen molar-refractivity contribution in [1.82, 2.24) is 5.32 Å². The first-order valence-corrected chi connectivity index (χ1v) is 6.70. The molecular weight excluding hydrogens is 226 g/mol. The van der Waals surface area contributed by atoms with Crippen LogP contribution in [-0.4, -0.2) is 26.8 Å². The van der Waals surface area contributed by atoms with Crippen LogP contribution >= 0.6 is 0 Å². The van der Waals surface area contributed by atoms with Gasteiger partial charge in [0, 0.05) is 0 Å². The fourth-order valence-corrected chi connectivity index (χ4v) is 1.57. The third-order valence-corrected chi connectivity index (χ3v) is 2.72. The topological polar surface area (TPSA) is 30.5 Å². The highest BCUT2D eigenvalue weighted by atomic mass is 16.5. The predicted octanol–water partition coefficient (Wildman–Crippen LogP) is 3.10. The molecule has 0 saturated carbocycles. The number of methoxy groups -OCH3 is 1. The van der Waals surface area contributed by atoms with E-state index in [1.165, 1.54) is 6.42 Å². The van der Waals surface area contributed by atoms with E-state index < -0.39 is 0 Å². The van der Waals surface area contributed by atoms with Crippen molar-refractivity contribution in [3.05, 3.63) is 24.3 Å². The predicted molar refractivity (Wildman–Crippen MR) is 75.4 cm³/mol. The Morgan fingerprint density at radius 2 is 1.72 bits per heavy atom. The van der Waals surface area contributed by atoms with Gasteiger partial charge in [-0.25, -0.2) is 0 Å². The third-order valence-electron chi connectivity index (χ3n) is 2.72. The largest absolute Gasteiger partial charge is 0.497 e. The van der Waals surface area contributed by atoms with Crippen molar-refractivity contribution in [1.29, 1.82) is 0 Å². The SMILES string of the molecule is COc1ccc(OCCCNCCC(C)C)cc1. The molecule has 3 nitrogen and oxygen atoms in total. The first kappa shape index (κ1) is 14.8. The van der Waals surface area contributed by atoms with Crippen LogP contribution in [0.15, 0.2) is 24.3 Å². The van der Waals surface area contributed by atoms with Gasteiger partial charge in [-0.05, 0) is 56.1 Å². The molecule has 0 spiro atoms. The van der Waals surface area contributed by atoms with Gasteiger partial charge in [-0.1, -0.05) is 13.8 Å². The lowest BCUT2D eigenvalue weighted by molar-refractivity contribution is 0.307. The Kier molecular flexibility index (Phi) is 7.26. The van der Waals surface area contributed by atoms with Gasteiger partial charge in [-0.3, -0.25) is 0 Å². The smallest absolute Gasteiger partial charge is 0.119 e. The van der Waals surface area contributed by atoms with E-state index in [1.54, 1.807) is 7.11 Å². The average Bonchev–Trinajstić information content (AvgIpc) is 2.38. The number of rotatable bonds is 9. The first-order chi connectivity index (χ1) is 8.72. The molecule has 102 valence electrons. The van der Waals surface area contributed by atoms with E-state index in [0.29, 0.717) is 0 Å². The van der Waals surface area contributed by atoms with E-state index in [2.05, 4.69) is 19.2 Å². The summed E-state index contributed by atoms with van der Waals surface area (Å²) in [6, 6.07) is 7.70. The van der Waals surface area contributed by atoms with Crippen LogP contribution in [0.3, 0.4) is 0 Å². The Hall–Kier alpha value is -1.22. The van der Waals surface area contributed by atoms with Crippen molar-refractivity contribution in [2.75, 3.05) is 26.8 Å². The molecule has 0 amide bonds. The Bertz CT molecular complexity index is 309. The summed E-state index contributed by atoms with van der Waals surface area (Å²) in [5.41, 5.74) is 0. The second-order valence-corrected chi connectivity index (χ2v) is 4.81. The summed E-state index contributed by atoms with van der Waals surface area (Å²) in [5, 5.41) is 3.42. The monoisotopic (exact) mass is 251 g/mol. The Morgan fingerprint density at radius 1 is 1.06 bits per heavy atom. The molecule has 0 radical (unpaired) electrons. The van der Waals surface area contributed by atoms with Gasteiger partial charge in [0.25, 0.3) is 0 Å². The summed E-state index contributed by atoms with van der Waals surface area (Å²) in [7, 11) is 1.67. The molecule has 1 aromatic carbocycles. The summed E-state index contributed by atoms with van der Waals surface area (Å²) < 4.78 is 10.7. The fourth-order valence-electron chi connectivity index (χ4n) is 1.57. The van der Waals surface area contributed by atoms with Crippen LogP contribution in [0, 0.1) is 5.92 Å². The van der Waals surface area contributed by atoms with Crippen LogP contribution in [0.1, 0.15) is 26.7 Å². The van der Waals surface area contributed by atoms with Gasteiger partial charge in [0.15, 0.2) is 0 Å². The highest BCUT2D eigenvalue weighted by Crippen LogP contribution is 2.16. The van der Waals surface area contributed by atoms with Crippen LogP contribution in [-0.2, 0) is 0 Å². The van der Waals surface area contributed by atoms with Gasteiger partial charge in [-0.2, -0.15) is 0 Å². The number of benzene rings is 1. The Balaban J connectivity index is 2.03. The van der Waals surface area contributed by atoms with Crippen molar-refractivity contribution in [3.8, 4) is 11.5 Å². The summed E-state index contributed by atoms with van der Waals surface area (Å²) in [5.74, 6) is 2.53. The molecule has 1 aromatic rings. The van der Waals surface area contributed by atoms with Gasteiger partial charge in [0.05, 0.1) is 13.7 Å². The zero-order chi connectivity index (χ0) is 13.2. The lowest BCUT2D eigenvalue weighted by Gasteiger charge is -2.08. The molecule has 0 aromatic heterocycles. The lowest BCUT2D eigenvalue weighted by Crippen LogP contribution is -2.19. The van der Waals surface area contributed by atoms with E-state index >= 15 is 0 Å². The van der Waals surface area contributed by atoms with Crippen molar-refractivity contribution in [3.63, 3.8) is 0 Å². The van der Waals surface area contributed by atoms with Crippen molar-refractivity contribution in [2.24, 2.45) is 5.92 Å². The standard InChI is InChI=1S/C15H25NO2/c1-13(2)9-11-16-10-4-12-18-15-7-5-14(17-3)6-8-15/h5-8,13,16H,4,9-12H2,1-3H3. The van der Waals surface area contributed by atoms with E-state index in [-0.39, 0.29) is 0 Å². The van der Waals surface area contributed by atoms with E-state index in [1.807, 2.05) is 24.3 Å². The molecule has 3 heteroatoms. The molecule has 0 atom stereocenters. The zero-order valence-corrected chi connectivity index (χ0v) is 11.7. The molecule has 1 N–H and O–H groups in total. The van der Waals surface area contributed by atoms with Crippen molar-refractivity contribution >= 4 is 0 Å². The maximum absolute atomic E-state index is 5.64. The van der Waals surface area contributed by atoms with Crippen LogP contribution < -0.4 is 14.8 Å². The molecule has 0 aliphatic heterocycles. The molecular formula is C15H25NO2. The maximum atomic E-state index is 5.64. The van der Waals surface area contributed by atoms with Crippen LogP contribution in [0.5, 0.6) is 11.5 Å². The van der Waals surface area contributed by atoms with Crippen LogP contribution in [0.4, 0.5) is 0 Å². The molecule has 0 bridgehead atoms. The minimum atomic E-state index is 0.751. The minimum absolute atomic E-state index is 0.751. The molecule has 18 heavy (non-hydrogen) atoms. The fraction of sp³-hybridized carbons (Fsp3) is 0.600. The minimum Gasteiger partial charge on any atom is -0.497 e. The number of hydrogen-bond acceptors (Lipinski definition) is 3. The van der Waals surface area contributed by atoms with Crippen LogP contribution in [0.2, 0.25) is 0 Å². The molecule has 0 aliphatic carbocycles. The third kappa shape index (κ3) is 6.50. The normalized spacial score (nSPS) is 10.7. The van der Waals surface area contributed by atoms with Gasteiger partial charge in [0.2, 0.25) is 0 Å². The Labute approximate surface area is 110 Å². The van der Waals surface area contributed by atoms with Crippen molar-refractivity contribution in [2.45, 2.75) is 26.7 Å². The molecule has 0 fully saturated rings. The van der Waals surface area contributed by atoms with Gasteiger partial charge < -0.3 is 14.8 Å². The number of hydrogen-bond donors (Lipinski definition) is 1. The molecule has 0 unspecified atom stereocenters. The quantitative estimate of drug-likeness (QED) is 0.684. The van der Waals surface area contributed by atoms with E-state index in [0.717, 1.165) is 43.5 Å². The summed E-state index contributed by atoms with van der Waals surface area (Å²) in [4.78, 5) is 0. The highest BCUT2D eigenvalue weighted by molar-refractivity contribution is 5.31. The second-order valence-electron chi connectivity index (χ2n) is 4.81. The van der Waals surface area contributed by atoms with Gasteiger partial charge >= 0.3 is 0 Å². The molecule has 0 saturated heterocycles. The van der Waals surface area contributed by atoms with Crippen LogP contribution in [0.25, 0.3) is 0 Å². The highest BCUT2D eigenvalue weighted by Gasteiger charge is 1.96. The maximum Gasteiger partial charge on any atom is 0.119 e. The van der Waals surface area contributed by atoms with E-state index in [4.69, 9.17) is 9.47 Å². The molecule has 0 aliphatic rings. The summed E-state index contributed by atoms with van der Waals surface area (Å²) >= 11 is 0.